The maximum absolute atomic E-state index is 10.6. The highest BCUT2D eigenvalue weighted by Crippen LogP contribution is 2.25. The second-order valence-corrected chi connectivity index (χ2v) is 4.35. The molecule has 0 aliphatic carbocycles. The fourth-order valence-corrected chi connectivity index (χ4v) is 2.14. The topological polar surface area (TPSA) is 49.8 Å². The van der Waals surface area contributed by atoms with Gasteiger partial charge in [0.2, 0.25) is 0 Å². The lowest BCUT2D eigenvalue weighted by atomic mass is 10.1. The molecule has 1 fully saturated rings. The van der Waals surface area contributed by atoms with Crippen LogP contribution >= 0.6 is 0 Å². The Morgan fingerprint density at radius 2 is 2.28 bits per heavy atom. The molecule has 1 heterocycles. The summed E-state index contributed by atoms with van der Waals surface area (Å²) < 4.78 is 5.42. The van der Waals surface area contributed by atoms with Gasteiger partial charge in [-0.1, -0.05) is 18.2 Å². The van der Waals surface area contributed by atoms with Crippen molar-refractivity contribution in [2.75, 3.05) is 24.7 Å². The normalized spacial score (nSPS) is 20.3. The summed E-state index contributed by atoms with van der Waals surface area (Å²) in [5, 5.41) is 8.71. The van der Waals surface area contributed by atoms with Crippen molar-refractivity contribution in [3.63, 3.8) is 0 Å². The number of morpholine rings is 1. The van der Waals surface area contributed by atoms with Crippen LogP contribution < -0.4 is 4.90 Å². The second-order valence-electron chi connectivity index (χ2n) is 4.35. The van der Waals surface area contributed by atoms with Crippen LogP contribution in [0.15, 0.2) is 30.3 Å². The molecule has 1 aromatic rings. The van der Waals surface area contributed by atoms with E-state index in [1.165, 1.54) is 6.08 Å². The minimum atomic E-state index is -0.931. The van der Waals surface area contributed by atoms with Gasteiger partial charge in [0.05, 0.1) is 13.2 Å². The summed E-state index contributed by atoms with van der Waals surface area (Å²) in [5.41, 5.74) is 1.99. The molecule has 2 rings (SSSR count). The third kappa shape index (κ3) is 2.90. The van der Waals surface area contributed by atoms with Crippen LogP contribution in [0, 0.1) is 0 Å². The smallest absolute Gasteiger partial charge is 0.328 e. The van der Waals surface area contributed by atoms with Gasteiger partial charge < -0.3 is 14.7 Å². The van der Waals surface area contributed by atoms with Gasteiger partial charge in [0.15, 0.2) is 0 Å². The number of nitrogens with zero attached hydrogens (tertiary/aromatic N) is 1. The van der Waals surface area contributed by atoms with Crippen LogP contribution in [0.3, 0.4) is 0 Å². The molecule has 0 spiro atoms. The van der Waals surface area contributed by atoms with Crippen molar-refractivity contribution >= 4 is 17.7 Å². The molecule has 1 N–H and O–H groups in total. The highest BCUT2D eigenvalue weighted by Gasteiger charge is 2.20. The predicted octanol–water partition coefficient (Wildman–Crippen LogP) is 2.01. The number of aliphatic carboxylic acids is 1. The summed E-state index contributed by atoms with van der Waals surface area (Å²) in [6.07, 6.45) is 2.81. The highest BCUT2D eigenvalue weighted by molar-refractivity contribution is 5.87. The zero-order chi connectivity index (χ0) is 13.0. The van der Waals surface area contributed by atoms with E-state index in [0.29, 0.717) is 19.3 Å². The Morgan fingerprint density at radius 3 is 3.00 bits per heavy atom. The number of carbonyl (C=O) groups is 1. The Labute approximate surface area is 106 Å². The Bertz CT molecular complexity index is 456. The van der Waals surface area contributed by atoms with Gasteiger partial charge in [-0.3, -0.25) is 0 Å². The number of ether oxygens (including phenoxy) is 1. The molecule has 0 saturated carbocycles. The van der Waals surface area contributed by atoms with Crippen LogP contribution in [0.1, 0.15) is 12.5 Å². The summed E-state index contributed by atoms with van der Waals surface area (Å²) in [4.78, 5) is 12.9. The Hall–Kier alpha value is -1.81. The van der Waals surface area contributed by atoms with Crippen LogP contribution in [-0.2, 0) is 9.53 Å². The van der Waals surface area contributed by atoms with Crippen LogP contribution in [0.4, 0.5) is 5.69 Å². The number of carboxylic acid groups (broad SMARTS) is 1. The lowest BCUT2D eigenvalue weighted by molar-refractivity contribution is -0.131. The first kappa shape index (κ1) is 12.6. The Balaban J connectivity index is 2.28. The van der Waals surface area contributed by atoms with Crippen molar-refractivity contribution < 1.29 is 14.6 Å². The van der Waals surface area contributed by atoms with E-state index in [0.717, 1.165) is 17.8 Å². The van der Waals surface area contributed by atoms with Gasteiger partial charge in [0.1, 0.15) is 0 Å². The zero-order valence-electron chi connectivity index (χ0n) is 10.4. The molecule has 1 saturated heterocycles. The third-order valence-corrected chi connectivity index (χ3v) is 3.02. The van der Waals surface area contributed by atoms with E-state index in [1.807, 2.05) is 24.3 Å². The van der Waals surface area contributed by atoms with Gasteiger partial charge in [0.25, 0.3) is 0 Å². The van der Waals surface area contributed by atoms with Gasteiger partial charge in [-0.15, -0.1) is 0 Å². The van der Waals surface area contributed by atoms with E-state index >= 15 is 0 Å². The predicted molar refractivity (Wildman–Crippen MR) is 70.7 cm³/mol. The molecule has 1 aliphatic heterocycles. The maximum atomic E-state index is 10.6. The molecule has 4 heteroatoms. The van der Waals surface area contributed by atoms with E-state index < -0.39 is 5.97 Å². The largest absolute Gasteiger partial charge is 0.478 e. The van der Waals surface area contributed by atoms with Crippen molar-refractivity contribution in [3.8, 4) is 0 Å². The van der Waals surface area contributed by atoms with E-state index in [2.05, 4.69) is 11.8 Å². The number of para-hydroxylation sites is 1. The second kappa shape index (κ2) is 5.69. The number of benzene rings is 1. The Kier molecular flexibility index (Phi) is 3.99. The molecule has 0 radical (unpaired) electrons. The summed E-state index contributed by atoms with van der Waals surface area (Å²) in [7, 11) is 0. The fourth-order valence-electron chi connectivity index (χ4n) is 2.14. The SMILES string of the molecule is CC1COCCN1c1ccccc1/C=C/C(=O)O. The molecule has 1 aromatic carbocycles. The minimum Gasteiger partial charge on any atom is -0.478 e. The lowest BCUT2D eigenvalue weighted by Crippen LogP contribution is -2.44. The van der Waals surface area contributed by atoms with E-state index in [4.69, 9.17) is 9.84 Å². The molecule has 1 unspecified atom stereocenters. The summed E-state index contributed by atoms with van der Waals surface area (Å²) >= 11 is 0. The van der Waals surface area contributed by atoms with E-state index in [-0.39, 0.29) is 0 Å². The summed E-state index contributed by atoms with van der Waals surface area (Å²) in [6.45, 7) is 4.36. The first-order valence-corrected chi connectivity index (χ1v) is 6.03. The Morgan fingerprint density at radius 1 is 1.50 bits per heavy atom. The average Bonchev–Trinajstić information content (AvgIpc) is 2.37. The molecule has 18 heavy (non-hydrogen) atoms. The molecule has 1 aliphatic rings. The first-order chi connectivity index (χ1) is 8.68. The average molecular weight is 247 g/mol. The molecule has 0 aromatic heterocycles. The molecule has 0 amide bonds. The molecule has 0 bridgehead atoms. The maximum Gasteiger partial charge on any atom is 0.328 e. The zero-order valence-corrected chi connectivity index (χ0v) is 10.4. The number of hydrogen-bond donors (Lipinski definition) is 1. The number of rotatable bonds is 3. The first-order valence-electron chi connectivity index (χ1n) is 6.03. The van der Waals surface area contributed by atoms with E-state index in [1.54, 1.807) is 6.08 Å². The van der Waals surface area contributed by atoms with Crippen LogP contribution in [0.5, 0.6) is 0 Å². The van der Waals surface area contributed by atoms with Crippen molar-refractivity contribution in [2.24, 2.45) is 0 Å². The van der Waals surface area contributed by atoms with Gasteiger partial charge in [0, 0.05) is 24.4 Å². The van der Waals surface area contributed by atoms with Gasteiger partial charge in [-0.05, 0) is 24.6 Å². The van der Waals surface area contributed by atoms with Crippen molar-refractivity contribution in [1.29, 1.82) is 0 Å². The fraction of sp³-hybridized carbons (Fsp3) is 0.357. The summed E-state index contributed by atoms with van der Waals surface area (Å²) in [5.74, 6) is -0.931. The van der Waals surface area contributed by atoms with E-state index in [9.17, 15) is 4.79 Å². The molecule has 96 valence electrons. The molecule has 1 atom stereocenters. The van der Waals surface area contributed by atoms with Crippen molar-refractivity contribution in [1.82, 2.24) is 0 Å². The van der Waals surface area contributed by atoms with Crippen LogP contribution in [0.25, 0.3) is 6.08 Å². The minimum absolute atomic E-state index is 0.304. The van der Waals surface area contributed by atoms with Crippen molar-refractivity contribution in [2.45, 2.75) is 13.0 Å². The molecule has 4 nitrogen and oxygen atoms in total. The van der Waals surface area contributed by atoms with Crippen LogP contribution in [-0.4, -0.2) is 36.9 Å². The highest BCUT2D eigenvalue weighted by atomic mass is 16.5. The quantitative estimate of drug-likeness (QED) is 0.830. The number of anilines is 1. The molecular weight excluding hydrogens is 230 g/mol. The molecular formula is C14H17NO3. The summed E-state index contributed by atoms with van der Waals surface area (Å²) in [6, 6.07) is 8.13. The van der Waals surface area contributed by atoms with Gasteiger partial charge in [-0.25, -0.2) is 4.79 Å². The lowest BCUT2D eigenvalue weighted by Gasteiger charge is -2.36. The van der Waals surface area contributed by atoms with Crippen LogP contribution in [0.2, 0.25) is 0 Å². The monoisotopic (exact) mass is 247 g/mol. The number of hydrogen-bond acceptors (Lipinski definition) is 3. The number of carboxylic acids is 1. The van der Waals surface area contributed by atoms with Crippen molar-refractivity contribution in [3.05, 3.63) is 35.9 Å². The van der Waals surface area contributed by atoms with Gasteiger partial charge in [-0.2, -0.15) is 0 Å². The third-order valence-electron chi connectivity index (χ3n) is 3.02. The van der Waals surface area contributed by atoms with Gasteiger partial charge >= 0.3 is 5.97 Å². The standard InChI is InChI=1S/C14H17NO3/c1-11-10-18-9-8-15(11)13-5-3-2-4-12(13)6-7-14(16)17/h2-7,11H,8-10H2,1H3,(H,16,17)/b7-6+.